The summed E-state index contributed by atoms with van der Waals surface area (Å²) in [6.45, 7) is 0.897. The molecule has 1 atom stereocenters. The second kappa shape index (κ2) is 4.58. The predicted octanol–water partition coefficient (Wildman–Crippen LogP) is 0.446. The molecule has 0 radical (unpaired) electrons. The van der Waals surface area contributed by atoms with E-state index in [1.165, 1.54) is 11.8 Å². The van der Waals surface area contributed by atoms with Crippen molar-refractivity contribution in [2.45, 2.75) is 19.0 Å². The van der Waals surface area contributed by atoms with Gasteiger partial charge < -0.3 is 10.6 Å². The molecular weight excluding hydrogens is 224 g/mol. The third-order valence-corrected chi connectivity index (χ3v) is 3.72. The third kappa shape index (κ3) is 2.04. The molecule has 0 aromatic rings. The van der Waals surface area contributed by atoms with Gasteiger partial charge in [-0.25, -0.2) is 0 Å². The molecule has 84 valence electrons. The lowest BCUT2D eigenvalue weighted by atomic mass is 10.3. The maximum Gasteiger partial charge on any atom is 0.227 e. The maximum atomic E-state index is 10.8. The highest BCUT2D eigenvalue weighted by atomic mass is 32.2. The Morgan fingerprint density at radius 2 is 2.62 bits per heavy atom. The van der Waals surface area contributed by atoms with E-state index < -0.39 is 0 Å². The van der Waals surface area contributed by atoms with E-state index in [9.17, 15) is 4.79 Å². The number of hydrogen-bond donors (Lipinski definition) is 1. The number of primary amides is 1. The Hall–Kier alpha value is -1.48. The smallest absolute Gasteiger partial charge is 0.227 e. The first-order valence-corrected chi connectivity index (χ1v) is 6.06. The van der Waals surface area contributed by atoms with Crippen molar-refractivity contribution in [3.05, 3.63) is 10.6 Å². The number of nitrogens with zero attached hydrogens (tertiary/aromatic N) is 3. The first-order chi connectivity index (χ1) is 7.72. The van der Waals surface area contributed by atoms with E-state index in [2.05, 4.69) is 16.0 Å². The van der Waals surface area contributed by atoms with Gasteiger partial charge in [0.2, 0.25) is 5.91 Å². The van der Waals surface area contributed by atoms with Gasteiger partial charge >= 0.3 is 0 Å². The van der Waals surface area contributed by atoms with Crippen molar-refractivity contribution in [3.8, 4) is 6.07 Å². The van der Waals surface area contributed by atoms with Crippen LogP contribution in [0.15, 0.2) is 15.6 Å². The fourth-order valence-corrected chi connectivity index (χ4v) is 2.80. The molecule has 0 aliphatic carbocycles. The van der Waals surface area contributed by atoms with Crippen LogP contribution in [0, 0.1) is 11.3 Å². The van der Waals surface area contributed by atoms with Gasteiger partial charge in [-0.3, -0.25) is 9.79 Å². The van der Waals surface area contributed by atoms with Gasteiger partial charge in [-0.05, 0) is 12.8 Å². The molecule has 0 aromatic carbocycles. The molecule has 16 heavy (non-hydrogen) atoms. The maximum absolute atomic E-state index is 10.8. The molecule has 5 nitrogen and oxygen atoms in total. The Labute approximate surface area is 98.0 Å². The molecule has 1 fully saturated rings. The lowest BCUT2D eigenvalue weighted by molar-refractivity contribution is -0.115. The molecular formula is C10H12N4OS. The van der Waals surface area contributed by atoms with Crippen LogP contribution in [0.4, 0.5) is 0 Å². The van der Waals surface area contributed by atoms with Crippen LogP contribution in [0.1, 0.15) is 12.8 Å². The lowest BCUT2D eigenvalue weighted by Gasteiger charge is -2.29. The first kappa shape index (κ1) is 11.0. The van der Waals surface area contributed by atoms with Gasteiger partial charge in [0, 0.05) is 12.8 Å². The number of nitrogens with two attached hydrogens (primary N) is 1. The van der Waals surface area contributed by atoms with Gasteiger partial charge in [0.1, 0.15) is 12.2 Å². The lowest BCUT2D eigenvalue weighted by Crippen LogP contribution is -2.31. The summed E-state index contributed by atoms with van der Waals surface area (Å²) in [7, 11) is 0. The average Bonchev–Trinajstić information content (AvgIpc) is 2.73. The van der Waals surface area contributed by atoms with Crippen LogP contribution >= 0.6 is 11.8 Å². The van der Waals surface area contributed by atoms with Crippen LogP contribution in [-0.2, 0) is 4.79 Å². The van der Waals surface area contributed by atoms with Gasteiger partial charge in [-0.2, -0.15) is 5.26 Å². The molecule has 2 heterocycles. The number of rotatable bonds is 3. The predicted molar refractivity (Wildman–Crippen MR) is 62.5 cm³/mol. The second-order valence-corrected chi connectivity index (χ2v) is 4.64. The minimum absolute atomic E-state index is 0.146. The summed E-state index contributed by atoms with van der Waals surface area (Å²) in [6, 6.07) is 2.11. The van der Waals surface area contributed by atoms with E-state index in [1.54, 1.807) is 6.21 Å². The van der Waals surface area contributed by atoms with Crippen LogP contribution in [0.25, 0.3) is 0 Å². The second-order valence-electron chi connectivity index (χ2n) is 3.68. The van der Waals surface area contributed by atoms with Crippen molar-refractivity contribution < 1.29 is 4.79 Å². The summed E-state index contributed by atoms with van der Waals surface area (Å²) in [5.41, 5.74) is 5.65. The van der Waals surface area contributed by atoms with Gasteiger partial charge in [0.25, 0.3) is 0 Å². The van der Waals surface area contributed by atoms with Crippen molar-refractivity contribution in [2.24, 2.45) is 10.7 Å². The molecule has 1 unspecified atom stereocenters. The summed E-state index contributed by atoms with van der Waals surface area (Å²) < 4.78 is 0. The zero-order valence-electron chi connectivity index (χ0n) is 8.72. The van der Waals surface area contributed by atoms with Crippen molar-refractivity contribution in [1.29, 1.82) is 5.26 Å². The van der Waals surface area contributed by atoms with E-state index in [0.29, 0.717) is 5.57 Å². The van der Waals surface area contributed by atoms with E-state index in [4.69, 9.17) is 11.0 Å². The zero-order chi connectivity index (χ0) is 11.5. The standard InChI is InChI=1S/C10H12N4OS/c11-4-7-5-13-9-2-1-3-14(9)10(7)16-6-8(12)15/h5,9H,1-3,6H2,(H2,12,15). The number of aliphatic imine (C=N–C) groups is 1. The number of carbonyl (C=O) groups excluding carboxylic acids is 1. The highest BCUT2D eigenvalue weighted by Gasteiger charge is 2.30. The quantitative estimate of drug-likeness (QED) is 0.771. The molecule has 0 spiro atoms. The molecule has 2 rings (SSSR count). The number of nitriles is 1. The topological polar surface area (TPSA) is 82.5 Å². The number of hydrogen-bond acceptors (Lipinski definition) is 5. The SMILES string of the molecule is N#CC1=C(SCC(N)=O)N2CCCC2N=C1. The van der Waals surface area contributed by atoms with Crippen molar-refractivity contribution in [1.82, 2.24) is 4.90 Å². The van der Waals surface area contributed by atoms with E-state index in [1.807, 2.05) is 0 Å². The number of fused-ring (bicyclic) bond motifs is 1. The Balaban J connectivity index is 2.20. The fourth-order valence-electron chi connectivity index (χ4n) is 1.89. The zero-order valence-corrected chi connectivity index (χ0v) is 9.54. The van der Waals surface area contributed by atoms with Crippen molar-refractivity contribution in [2.75, 3.05) is 12.3 Å². The monoisotopic (exact) mass is 236 g/mol. The van der Waals surface area contributed by atoms with Crippen LogP contribution in [0.5, 0.6) is 0 Å². The van der Waals surface area contributed by atoms with Crippen molar-refractivity contribution in [3.63, 3.8) is 0 Å². The first-order valence-electron chi connectivity index (χ1n) is 5.07. The summed E-state index contributed by atoms with van der Waals surface area (Å²) in [5.74, 6) is -0.162. The summed E-state index contributed by atoms with van der Waals surface area (Å²) in [5, 5.41) is 9.84. The molecule has 0 bridgehead atoms. The molecule has 2 aliphatic rings. The Morgan fingerprint density at radius 1 is 1.81 bits per heavy atom. The molecule has 1 saturated heterocycles. The fraction of sp³-hybridized carbons (Fsp3) is 0.500. The van der Waals surface area contributed by atoms with Gasteiger partial charge in [0.15, 0.2) is 0 Å². The minimum Gasteiger partial charge on any atom is -0.369 e. The number of carbonyl (C=O) groups is 1. The van der Waals surface area contributed by atoms with Crippen LogP contribution < -0.4 is 5.73 Å². The largest absolute Gasteiger partial charge is 0.369 e. The van der Waals surface area contributed by atoms with Crippen molar-refractivity contribution >= 4 is 23.9 Å². The third-order valence-electron chi connectivity index (χ3n) is 2.56. The normalized spacial score (nSPS) is 23.2. The molecule has 2 aliphatic heterocycles. The summed E-state index contributed by atoms with van der Waals surface area (Å²) in [6.07, 6.45) is 3.83. The highest BCUT2D eigenvalue weighted by molar-refractivity contribution is 8.03. The molecule has 1 amide bonds. The molecule has 2 N–H and O–H groups in total. The molecule has 0 aromatic heterocycles. The highest BCUT2D eigenvalue weighted by Crippen LogP contribution is 2.33. The van der Waals surface area contributed by atoms with Crippen LogP contribution in [0.2, 0.25) is 0 Å². The van der Waals surface area contributed by atoms with Gasteiger partial charge in [-0.1, -0.05) is 11.8 Å². The van der Waals surface area contributed by atoms with Gasteiger partial charge in [0.05, 0.1) is 16.4 Å². The summed E-state index contributed by atoms with van der Waals surface area (Å²) >= 11 is 1.33. The van der Waals surface area contributed by atoms with E-state index in [-0.39, 0.29) is 17.8 Å². The Morgan fingerprint density at radius 3 is 3.31 bits per heavy atom. The van der Waals surface area contributed by atoms with Gasteiger partial charge in [-0.15, -0.1) is 0 Å². The van der Waals surface area contributed by atoms with E-state index in [0.717, 1.165) is 24.4 Å². The van der Waals surface area contributed by atoms with E-state index >= 15 is 0 Å². The van der Waals surface area contributed by atoms with Crippen LogP contribution in [0.3, 0.4) is 0 Å². The van der Waals surface area contributed by atoms with Crippen LogP contribution in [-0.4, -0.2) is 35.5 Å². The Kier molecular flexibility index (Phi) is 3.15. The molecule has 0 saturated carbocycles. The Bertz CT molecular complexity index is 410. The minimum atomic E-state index is -0.368. The number of amides is 1. The molecule has 6 heteroatoms. The number of allylic oxidation sites excluding steroid dienone is 1. The number of thioether (sulfide) groups is 1. The average molecular weight is 236 g/mol. The summed E-state index contributed by atoms with van der Waals surface area (Å²) in [4.78, 5) is 17.2.